The highest BCUT2D eigenvalue weighted by Gasteiger charge is 2.03. The lowest BCUT2D eigenvalue weighted by atomic mass is 10.0. The Morgan fingerprint density at radius 1 is 0.484 bits per heavy atom. The molecule has 0 aliphatic rings. The molecule has 0 aromatic heterocycles. The van der Waals surface area contributed by atoms with E-state index < -0.39 is 0 Å². The van der Waals surface area contributed by atoms with Crippen LogP contribution < -0.4 is 9.47 Å². The van der Waals surface area contributed by atoms with Crippen molar-refractivity contribution in [2.24, 2.45) is 0 Å². The topological polar surface area (TPSA) is 18.5 Å². The number of benzene rings is 3. The van der Waals surface area contributed by atoms with Gasteiger partial charge in [0, 0.05) is 0 Å². The molecule has 3 aromatic carbocycles. The zero-order chi connectivity index (χ0) is 21.7. The molecule has 0 heterocycles. The summed E-state index contributed by atoms with van der Waals surface area (Å²) in [4.78, 5) is 0. The van der Waals surface area contributed by atoms with E-state index in [1.165, 1.54) is 66.8 Å². The summed E-state index contributed by atoms with van der Waals surface area (Å²) in [5, 5.41) is 2.46. The van der Waals surface area contributed by atoms with E-state index in [1.54, 1.807) is 0 Å². The fourth-order valence-electron chi connectivity index (χ4n) is 3.85. The summed E-state index contributed by atoms with van der Waals surface area (Å²) in [7, 11) is 0. The second-order valence-electron chi connectivity index (χ2n) is 8.42. The Morgan fingerprint density at radius 3 is 1.77 bits per heavy atom. The van der Waals surface area contributed by atoms with Crippen LogP contribution >= 0.6 is 0 Å². The van der Waals surface area contributed by atoms with Gasteiger partial charge in [0.05, 0.1) is 13.2 Å². The average molecular weight is 419 g/mol. The quantitative estimate of drug-likeness (QED) is 0.243. The molecule has 166 valence electrons. The van der Waals surface area contributed by atoms with Crippen molar-refractivity contribution in [3.8, 4) is 22.6 Å². The lowest BCUT2D eigenvalue weighted by Gasteiger charge is -2.10. The van der Waals surface area contributed by atoms with Crippen molar-refractivity contribution in [2.75, 3.05) is 13.2 Å². The Hall–Kier alpha value is -2.48. The minimum absolute atomic E-state index is 0.798. The second-order valence-corrected chi connectivity index (χ2v) is 8.42. The summed E-state index contributed by atoms with van der Waals surface area (Å²) in [6.07, 6.45) is 11.3. The average Bonchev–Trinajstić information content (AvgIpc) is 2.81. The van der Waals surface area contributed by atoms with Gasteiger partial charge in [-0.1, -0.05) is 89.1 Å². The number of ether oxygens (including phenoxy) is 2. The van der Waals surface area contributed by atoms with Crippen LogP contribution in [0.25, 0.3) is 21.9 Å². The van der Waals surface area contributed by atoms with Crippen LogP contribution in [0.1, 0.15) is 71.6 Å². The highest BCUT2D eigenvalue weighted by Crippen LogP contribution is 2.28. The summed E-state index contributed by atoms with van der Waals surface area (Å²) >= 11 is 0. The van der Waals surface area contributed by atoms with Gasteiger partial charge in [0.2, 0.25) is 0 Å². The van der Waals surface area contributed by atoms with Gasteiger partial charge in [-0.3, -0.25) is 0 Å². The van der Waals surface area contributed by atoms with E-state index in [1.807, 2.05) is 0 Å². The second kappa shape index (κ2) is 13.0. The predicted octanol–water partition coefficient (Wildman–Crippen LogP) is 8.82. The fourth-order valence-corrected chi connectivity index (χ4v) is 3.85. The first kappa shape index (κ1) is 23.2. The molecule has 0 fully saturated rings. The third-order valence-corrected chi connectivity index (χ3v) is 5.78. The van der Waals surface area contributed by atoms with Crippen molar-refractivity contribution in [1.29, 1.82) is 0 Å². The van der Waals surface area contributed by atoms with Gasteiger partial charge in [0.15, 0.2) is 0 Å². The van der Waals surface area contributed by atoms with Crippen LogP contribution in [-0.4, -0.2) is 13.2 Å². The Kier molecular flexibility index (Phi) is 9.76. The Labute approximate surface area is 188 Å². The molecule has 0 aliphatic heterocycles. The van der Waals surface area contributed by atoms with Crippen LogP contribution in [0.2, 0.25) is 0 Å². The third kappa shape index (κ3) is 7.61. The van der Waals surface area contributed by atoms with E-state index in [2.05, 4.69) is 74.5 Å². The summed E-state index contributed by atoms with van der Waals surface area (Å²) in [6, 6.07) is 21.5. The van der Waals surface area contributed by atoms with Gasteiger partial charge in [-0.2, -0.15) is 0 Å². The van der Waals surface area contributed by atoms with E-state index in [-0.39, 0.29) is 0 Å². The monoisotopic (exact) mass is 418 g/mol. The molecule has 0 bridgehead atoms. The van der Waals surface area contributed by atoms with Crippen LogP contribution in [0.5, 0.6) is 11.5 Å². The number of unbranched alkanes of at least 4 members (excludes halogenated alkanes) is 7. The minimum atomic E-state index is 0.798. The van der Waals surface area contributed by atoms with Gasteiger partial charge in [-0.25, -0.2) is 0 Å². The van der Waals surface area contributed by atoms with Crippen LogP contribution in [0.4, 0.5) is 0 Å². The Bertz CT molecular complexity index is 898. The van der Waals surface area contributed by atoms with Crippen LogP contribution in [0.3, 0.4) is 0 Å². The molecule has 0 saturated heterocycles. The predicted molar refractivity (Wildman–Crippen MR) is 133 cm³/mol. The maximum Gasteiger partial charge on any atom is 0.119 e. The van der Waals surface area contributed by atoms with Crippen LogP contribution in [0.15, 0.2) is 60.7 Å². The molecule has 2 heteroatoms. The number of hydrogen-bond donors (Lipinski definition) is 0. The molecule has 0 aliphatic carbocycles. The molecule has 0 spiro atoms. The zero-order valence-corrected chi connectivity index (χ0v) is 19.4. The number of rotatable bonds is 14. The van der Waals surface area contributed by atoms with Crippen molar-refractivity contribution in [1.82, 2.24) is 0 Å². The standard InChI is InChI=1S/C29H38O2/c1-3-5-7-8-9-11-21-31-29-19-16-26-22-25(12-13-27(26)23-29)24-14-17-28(18-15-24)30-20-10-6-4-2/h12-19,22-23H,3-11,20-21H2,1-2H3. The van der Waals surface area contributed by atoms with E-state index in [9.17, 15) is 0 Å². The van der Waals surface area contributed by atoms with Crippen molar-refractivity contribution < 1.29 is 9.47 Å². The van der Waals surface area contributed by atoms with Crippen LogP contribution in [-0.2, 0) is 0 Å². The molecule has 0 amide bonds. The van der Waals surface area contributed by atoms with Gasteiger partial charge >= 0.3 is 0 Å². The van der Waals surface area contributed by atoms with Gasteiger partial charge in [-0.15, -0.1) is 0 Å². The molecule has 0 saturated carbocycles. The van der Waals surface area contributed by atoms with E-state index in [0.29, 0.717) is 0 Å². The molecular weight excluding hydrogens is 380 g/mol. The van der Waals surface area contributed by atoms with Gasteiger partial charge in [-0.05, 0) is 65.1 Å². The van der Waals surface area contributed by atoms with E-state index >= 15 is 0 Å². The first-order valence-corrected chi connectivity index (χ1v) is 12.2. The fraction of sp³-hybridized carbons (Fsp3) is 0.448. The van der Waals surface area contributed by atoms with Crippen molar-refractivity contribution in [3.05, 3.63) is 60.7 Å². The molecule has 2 nitrogen and oxygen atoms in total. The molecule has 3 aromatic rings. The molecule has 0 N–H and O–H groups in total. The van der Waals surface area contributed by atoms with Crippen molar-refractivity contribution in [3.63, 3.8) is 0 Å². The van der Waals surface area contributed by atoms with Crippen molar-refractivity contribution in [2.45, 2.75) is 71.6 Å². The highest BCUT2D eigenvalue weighted by atomic mass is 16.5. The van der Waals surface area contributed by atoms with Gasteiger partial charge in [0.1, 0.15) is 11.5 Å². The maximum absolute atomic E-state index is 5.98. The first-order valence-electron chi connectivity index (χ1n) is 12.2. The Balaban J connectivity index is 1.53. The van der Waals surface area contributed by atoms with Gasteiger partial charge in [0.25, 0.3) is 0 Å². The van der Waals surface area contributed by atoms with E-state index in [0.717, 1.165) is 37.6 Å². The summed E-state index contributed by atoms with van der Waals surface area (Å²) < 4.78 is 11.8. The smallest absolute Gasteiger partial charge is 0.119 e. The molecule has 0 atom stereocenters. The zero-order valence-electron chi connectivity index (χ0n) is 19.4. The Morgan fingerprint density at radius 2 is 1.00 bits per heavy atom. The lowest BCUT2D eigenvalue weighted by Crippen LogP contribution is -1.97. The molecule has 0 unspecified atom stereocenters. The third-order valence-electron chi connectivity index (χ3n) is 5.78. The van der Waals surface area contributed by atoms with E-state index in [4.69, 9.17) is 9.47 Å². The van der Waals surface area contributed by atoms with Gasteiger partial charge < -0.3 is 9.47 Å². The SMILES string of the molecule is CCCCCCCCOc1ccc2cc(-c3ccc(OCCCCC)cc3)ccc2c1. The minimum Gasteiger partial charge on any atom is -0.494 e. The molecule has 31 heavy (non-hydrogen) atoms. The van der Waals surface area contributed by atoms with Crippen LogP contribution in [0, 0.1) is 0 Å². The first-order chi connectivity index (χ1) is 15.3. The molecular formula is C29H38O2. The summed E-state index contributed by atoms with van der Waals surface area (Å²) in [5.41, 5.74) is 2.44. The summed E-state index contributed by atoms with van der Waals surface area (Å²) in [5.74, 6) is 1.92. The maximum atomic E-state index is 5.98. The number of hydrogen-bond acceptors (Lipinski definition) is 2. The normalized spacial score (nSPS) is 11.0. The molecule has 0 radical (unpaired) electrons. The van der Waals surface area contributed by atoms with Crippen molar-refractivity contribution >= 4 is 10.8 Å². The molecule has 3 rings (SSSR count). The summed E-state index contributed by atoms with van der Waals surface area (Å²) in [6.45, 7) is 6.07. The highest BCUT2D eigenvalue weighted by molar-refractivity contribution is 5.88. The largest absolute Gasteiger partial charge is 0.494 e. The number of fused-ring (bicyclic) bond motifs is 1. The lowest BCUT2D eigenvalue weighted by molar-refractivity contribution is 0.305.